The third-order valence-electron chi connectivity index (χ3n) is 11.3. The van der Waals surface area contributed by atoms with Gasteiger partial charge in [-0.2, -0.15) is 0 Å². The Hall–Kier alpha value is -4.61. The Morgan fingerprint density at radius 1 is 0.278 bits per heavy atom. The molecule has 6 aromatic rings. The molecule has 6 rings (SSSR count). The summed E-state index contributed by atoms with van der Waals surface area (Å²) in [6.45, 7) is 31.5. The molecule has 0 saturated heterocycles. The molecule has 0 saturated carbocycles. The van der Waals surface area contributed by atoms with Gasteiger partial charge in [-0.1, -0.05) is 167 Å². The van der Waals surface area contributed by atoms with Crippen molar-refractivity contribution in [2.45, 2.75) is 162 Å². The van der Waals surface area contributed by atoms with Crippen LogP contribution in [0.15, 0.2) is 72.8 Å². The van der Waals surface area contributed by atoms with Crippen molar-refractivity contribution in [1.29, 1.82) is 0 Å². The minimum Gasteiger partial charge on any atom is -0.872 e. The van der Waals surface area contributed by atoms with Gasteiger partial charge in [0.05, 0.1) is 0 Å². The van der Waals surface area contributed by atoms with E-state index < -0.39 is 12.2 Å². The molecule has 10 nitrogen and oxygen atoms in total. The van der Waals surface area contributed by atoms with Crippen LogP contribution in [0.2, 0.25) is 0 Å². The van der Waals surface area contributed by atoms with E-state index in [1.165, 1.54) is 0 Å². The Kier molecular flexibility index (Phi) is 27.2. The summed E-state index contributed by atoms with van der Waals surface area (Å²) in [5.74, 6) is 0.0897. The van der Waals surface area contributed by atoms with Crippen LogP contribution in [0.4, 0.5) is 0 Å². The van der Waals surface area contributed by atoms with Crippen LogP contribution in [0.1, 0.15) is 128 Å². The van der Waals surface area contributed by atoms with Gasteiger partial charge in [-0.3, -0.25) is 9.80 Å². The Morgan fingerprint density at radius 3 is 0.500 bits per heavy atom. The average molecular weight is 1050 g/mol. The molecule has 0 aliphatic heterocycles. The van der Waals surface area contributed by atoms with E-state index in [9.17, 15) is 40.9 Å². The van der Waals surface area contributed by atoms with Gasteiger partial charge in [0.2, 0.25) is 0 Å². The zero-order valence-corrected chi connectivity index (χ0v) is 48.6. The summed E-state index contributed by atoms with van der Waals surface area (Å²) in [7, 11) is 0. The minimum absolute atomic E-state index is 0. The first kappa shape index (κ1) is 65.4. The van der Waals surface area contributed by atoms with Gasteiger partial charge >= 0.3 is 43.4 Å². The molecule has 0 heterocycles. The summed E-state index contributed by atoms with van der Waals surface area (Å²) in [6.07, 6.45) is -0.833. The Balaban J connectivity index is 0.000000611. The molecule has 0 N–H and O–H groups in total. The third kappa shape index (κ3) is 20.4. The predicted molar refractivity (Wildman–Crippen MR) is 268 cm³/mol. The van der Waals surface area contributed by atoms with Crippen LogP contribution in [-0.2, 0) is 82.7 Å². The first-order chi connectivity index (χ1) is 32.6. The quantitative estimate of drug-likeness (QED) is 0.112. The first-order valence-electron chi connectivity index (χ1n) is 24.0. The molecule has 0 amide bonds. The summed E-state index contributed by atoms with van der Waals surface area (Å²) in [5, 5.41) is 95.6. The number of hydrogen-bond acceptors (Lipinski definition) is 10. The molecule has 0 radical (unpaired) electrons. The van der Waals surface area contributed by atoms with E-state index in [0.717, 1.165) is 33.4 Å². The maximum atomic E-state index is 12.8. The molecule has 12 heteroatoms. The van der Waals surface area contributed by atoms with E-state index in [1.807, 2.05) is 166 Å². The second kappa shape index (κ2) is 29.9. The van der Waals surface area contributed by atoms with Crippen molar-refractivity contribution in [2.24, 2.45) is 0 Å². The van der Waals surface area contributed by atoms with Crippen LogP contribution in [0.3, 0.4) is 0 Å². The standard InChI is InChI=1S/2C27H33NO3.2C3H7O.2Ti/c2*1-16-7-19(4)25(29)22(10-16)13-28(14-23-11-17(2)8-20(5)26(23)30)15-24-12-18(3)9-21(6)27(24)31;2*1-3(2)4;;/h2*7-12,29-31H,13-15H2,1-6H3;2*3H,1-2H3;;/q;;2*-1;2*+4/p-6. The topological polar surface area (TPSA) is 191 Å². The fourth-order valence-corrected chi connectivity index (χ4v) is 8.74. The summed E-state index contributed by atoms with van der Waals surface area (Å²) in [4.78, 5) is 4.06. The fraction of sp³-hybridized carbons (Fsp3) is 0.400. The van der Waals surface area contributed by atoms with Gasteiger partial charge < -0.3 is 40.9 Å². The van der Waals surface area contributed by atoms with Crippen LogP contribution in [0, 0.1) is 83.1 Å². The van der Waals surface area contributed by atoms with Gasteiger partial charge in [-0.25, -0.2) is 0 Å². The molecule has 0 aromatic heterocycles. The first-order valence-corrected chi connectivity index (χ1v) is 24.0. The van der Waals surface area contributed by atoms with E-state index in [4.69, 9.17) is 0 Å². The molecule has 380 valence electrons. The van der Waals surface area contributed by atoms with E-state index in [1.54, 1.807) is 27.7 Å². The summed E-state index contributed by atoms with van der Waals surface area (Å²) in [5.41, 5.74) is 14.5. The zero-order chi connectivity index (χ0) is 52.9. The van der Waals surface area contributed by atoms with Crippen molar-refractivity contribution in [1.82, 2.24) is 9.80 Å². The van der Waals surface area contributed by atoms with Crippen LogP contribution >= 0.6 is 0 Å². The molecule has 0 atom stereocenters. The predicted octanol–water partition coefficient (Wildman–Crippen LogP) is 7.43. The molecule has 0 aliphatic carbocycles. The number of nitrogens with zero attached hydrogens (tertiary/aromatic N) is 2. The monoisotopic (exact) mass is 1050 g/mol. The molecule has 0 spiro atoms. The van der Waals surface area contributed by atoms with Gasteiger partial charge in [0.1, 0.15) is 0 Å². The fourth-order valence-electron chi connectivity index (χ4n) is 8.74. The number of hydrogen-bond donors (Lipinski definition) is 0. The van der Waals surface area contributed by atoms with Crippen LogP contribution < -0.4 is 40.9 Å². The van der Waals surface area contributed by atoms with E-state index in [0.29, 0.717) is 106 Å². The van der Waals surface area contributed by atoms with Gasteiger partial charge in [0, 0.05) is 39.3 Å². The smallest absolute Gasteiger partial charge is 0.872 e. The number of rotatable bonds is 12. The molecule has 0 aliphatic rings. The summed E-state index contributed by atoms with van der Waals surface area (Å²) < 4.78 is 0. The number of aryl methyl sites for hydroxylation is 12. The van der Waals surface area contributed by atoms with E-state index >= 15 is 0 Å². The van der Waals surface area contributed by atoms with Crippen molar-refractivity contribution in [3.8, 4) is 34.5 Å². The van der Waals surface area contributed by atoms with Gasteiger partial charge in [-0.15, -0.1) is 46.7 Å². The average Bonchev–Trinajstić information content (AvgIpc) is 3.22. The molecule has 6 aromatic carbocycles. The summed E-state index contributed by atoms with van der Waals surface area (Å²) >= 11 is 0. The van der Waals surface area contributed by atoms with Gasteiger partial charge in [0.25, 0.3) is 0 Å². The zero-order valence-electron chi connectivity index (χ0n) is 45.5. The molecule has 0 fully saturated rings. The molecular formula is C60H74N2O8Ti2. The van der Waals surface area contributed by atoms with Crippen LogP contribution in [0.5, 0.6) is 34.5 Å². The summed E-state index contributed by atoms with van der Waals surface area (Å²) in [6, 6.07) is 22.7. The molecule has 0 bridgehead atoms. The second-order valence-corrected chi connectivity index (χ2v) is 19.8. The van der Waals surface area contributed by atoms with E-state index in [2.05, 4.69) is 0 Å². The maximum Gasteiger partial charge on any atom is 4.00 e. The maximum absolute atomic E-state index is 12.8. The molecular weight excluding hydrogens is 972 g/mol. The van der Waals surface area contributed by atoms with Gasteiger partial charge in [-0.05, 0) is 116 Å². The Bertz CT molecular complexity index is 2240. The molecule has 0 unspecified atom stereocenters. The van der Waals surface area contributed by atoms with Crippen molar-refractivity contribution in [3.05, 3.63) is 173 Å². The minimum atomic E-state index is -0.417. The third-order valence-corrected chi connectivity index (χ3v) is 11.3. The Morgan fingerprint density at radius 2 is 0.389 bits per heavy atom. The molecule has 72 heavy (non-hydrogen) atoms. The van der Waals surface area contributed by atoms with Crippen molar-refractivity contribution >= 4 is 0 Å². The number of benzene rings is 6. The van der Waals surface area contributed by atoms with Crippen LogP contribution in [0.25, 0.3) is 0 Å². The normalized spacial score (nSPS) is 10.8. The Labute approximate surface area is 460 Å². The van der Waals surface area contributed by atoms with Crippen molar-refractivity contribution < 1.29 is 84.3 Å². The van der Waals surface area contributed by atoms with Crippen LogP contribution in [-0.4, -0.2) is 22.0 Å². The van der Waals surface area contributed by atoms with Crippen molar-refractivity contribution in [2.75, 3.05) is 0 Å². The van der Waals surface area contributed by atoms with E-state index in [-0.39, 0.29) is 77.9 Å². The van der Waals surface area contributed by atoms with Gasteiger partial charge in [0.15, 0.2) is 0 Å². The largest absolute Gasteiger partial charge is 4.00 e. The van der Waals surface area contributed by atoms with Crippen molar-refractivity contribution in [3.63, 3.8) is 0 Å². The second-order valence-electron chi connectivity index (χ2n) is 19.8. The SMILES string of the molecule is CC(C)[O-].CC(C)[O-].Cc1cc(C)c([O-])c(CN(Cc2cc(C)cc(C)c2[O-])Cc2cc(C)cc(C)c2[O-])c1.Cc1cc(C)c([O-])c(CN(Cc2cc(C)cc(C)c2[O-])Cc2cc(C)cc(C)c2[O-])c1.[Ti+4].[Ti+4].